The molecule has 6 nitrogen and oxygen atoms in total. The van der Waals surface area contributed by atoms with Gasteiger partial charge in [0.1, 0.15) is 0 Å². The lowest BCUT2D eigenvalue weighted by atomic mass is 10.2. The van der Waals surface area contributed by atoms with Gasteiger partial charge in [-0.25, -0.2) is 0 Å². The van der Waals surface area contributed by atoms with Crippen LogP contribution in [0.2, 0.25) is 0 Å². The number of ether oxygens (including phenoxy) is 1. The molecule has 0 spiro atoms. The molecular weight excluding hydrogens is 336 g/mol. The first-order chi connectivity index (χ1) is 12.1. The standard InChI is InChI=1S/C18H24N4O2S/c1-12(2)11-22-15-8-4-3-7-14(15)16(17(22)23)20-21-18(25)19-10-13-6-5-9-24-13/h3-4,7-8,12-13,23H,5-6,9-11H2,1-2H3,(H,19,25)/t13-/m1/s1. The number of aromatic hydroxyl groups is 1. The molecule has 2 heterocycles. The van der Waals surface area contributed by atoms with Gasteiger partial charge in [-0.1, -0.05) is 32.0 Å². The number of thiocarbonyl (C=S) groups is 1. The van der Waals surface area contributed by atoms with Crippen LogP contribution < -0.4 is 5.32 Å². The first-order valence-electron chi connectivity index (χ1n) is 8.67. The predicted octanol–water partition coefficient (Wildman–Crippen LogP) is 4.14. The van der Waals surface area contributed by atoms with E-state index in [2.05, 4.69) is 29.4 Å². The lowest BCUT2D eigenvalue weighted by Gasteiger charge is -2.09. The maximum absolute atomic E-state index is 10.6. The van der Waals surface area contributed by atoms with Gasteiger partial charge in [0.2, 0.25) is 11.0 Å². The summed E-state index contributed by atoms with van der Waals surface area (Å²) in [5.41, 5.74) is 1.40. The number of nitrogens with zero attached hydrogens (tertiary/aromatic N) is 3. The Morgan fingerprint density at radius 1 is 1.44 bits per heavy atom. The highest BCUT2D eigenvalue weighted by atomic mass is 32.1. The van der Waals surface area contributed by atoms with Crippen molar-refractivity contribution in [1.29, 1.82) is 0 Å². The largest absolute Gasteiger partial charge is 0.493 e. The fourth-order valence-corrected chi connectivity index (χ4v) is 3.18. The number of rotatable bonds is 5. The number of hydrogen-bond donors (Lipinski definition) is 2. The smallest absolute Gasteiger partial charge is 0.220 e. The van der Waals surface area contributed by atoms with Crippen molar-refractivity contribution >= 4 is 33.9 Å². The Labute approximate surface area is 152 Å². The van der Waals surface area contributed by atoms with E-state index in [4.69, 9.17) is 17.0 Å². The van der Waals surface area contributed by atoms with Gasteiger partial charge < -0.3 is 19.7 Å². The van der Waals surface area contributed by atoms with Gasteiger partial charge in [0.15, 0.2) is 5.69 Å². The molecule has 0 amide bonds. The second-order valence-electron chi connectivity index (χ2n) is 6.71. The zero-order valence-corrected chi connectivity index (χ0v) is 15.4. The molecule has 1 fully saturated rings. The van der Waals surface area contributed by atoms with Crippen LogP contribution in [0.3, 0.4) is 0 Å². The van der Waals surface area contributed by atoms with E-state index in [-0.39, 0.29) is 12.0 Å². The summed E-state index contributed by atoms with van der Waals surface area (Å²) in [6.45, 7) is 6.38. The van der Waals surface area contributed by atoms with Crippen molar-refractivity contribution in [1.82, 2.24) is 9.88 Å². The molecule has 0 bridgehead atoms. The third-order valence-electron chi connectivity index (χ3n) is 4.21. The normalized spacial score (nSPS) is 17.8. The number of azo groups is 1. The number of para-hydroxylation sites is 1. The molecule has 0 saturated carbocycles. The van der Waals surface area contributed by atoms with E-state index in [0.29, 0.717) is 29.8 Å². The molecular formula is C18H24N4O2S. The molecule has 1 aliphatic rings. The maximum atomic E-state index is 10.6. The molecule has 2 aromatic rings. The zero-order chi connectivity index (χ0) is 17.8. The average molecular weight is 360 g/mol. The Kier molecular flexibility index (Phi) is 5.65. The molecule has 134 valence electrons. The number of benzene rings is 1. The summed E-state index contributed by atoms with van der Waals surface area (Å²) < 4.78 is 7.42. The van der Waals surface area contributed by atoms with Gasteiger partial charge in [0.05, 0.1) is 11.6 Å². The highest BCUT2D eigenvalue weighted by Gasteiger charge is 2.18. The van der Waals surface area contributed by atoms with Crippen molar-refractivity contribution in [3.8, 4) is 5.88 Å². The molecule has 1 aromatic carbocycles. The topological polar surface area (TPSA) is 71.1 Å². The van der Waals surface area contributed by atoms with Crippen LogP contribution in [0.5, 0.6) is 5.88 Å². The fraction of sp³-hybridized carbons (Fsp3) is 0.500. The van der Waals surface area contributed by atoms with Crippen molar-refractivity contribution in [3.05, 3.63) is 24.3 Å². The van der Waals surface area contributed by atoms with Crippen LogP contribution in [-0.2, 0) is 11.3 Å². The summed E-state index contributed by atoms with van der Waals surface area (Å²) in [6.07, 6.45) is 2.31. The van der Waals surface area contributed by atoms with Gasteiger partial charge in [-0.3, -0.25) is 0 Å². The van der Waals surface area contributed by atoms with Gasteiger partial charge in [-0.15, -0.1) is 10.2 Å². The molecule has 1 saturated heterocycles. The molecule has 2 N–H and O–H groups in total. The summed E-state index contributed by atoms with van der Waals surface area (Å²) in [5.74, 6) is 0.529. The molecule has 0 radical (unpaired) electrons. The number of nitrogens with one attached hydrogen (secondary N) is 1. The Morgan fingerprint density at radius 3 is 2.96 bits per heavy atom. The maximum Gasteiger partial charge on any atom is 0.220 e. The van der Waals surface area contributed by atoms with Crippen LogP contribution in [-0.4, -0.2) is 34.0 Å². The molecule has 1 aromatic heterocycles. The summed E-state index contributed by atoms with van der Waals surface area (Å²) in [4.78, 5) is 0. The van der Waals surface area contributed by atoms with Crippen LogP contribution in [0.15, 0.2) is 34.5 Å². The Morgan fingerprint density at radius 2 is 2.24 bits per heavy atom. The second-order valence-corrected chi connectivity index (χ2v) is 7.10. The van der Waals surface area contributed by atoms with Crippen molar-refractivity contribution in [2.75, 3.05) is 13.2 Å². The highest BCUT2D eigenvalue weighted by molar-refractivity contribution is 7.80. The molecule has 0 aliphatic carbocycles. The van der Waals surface area contributed by atoms with E-state index in [0.717, 1.165) is 30.4 Å². The summed E-state index contributed by atoms with van der Waals surface area (Å²) >= 11 is 5.22. The van der Waals surface area contributed by atoms with Crippen LogP contribution >= 0.6 is 12.2 Å². The van der Waals surface area contributed by atoms with Crippen LogP contribution in [0.1, 0.15) is 26.7 Å². The van der Waals surface area contributed by atoms with E-state index in [9.17, 15) is 5.11 Å². The Bertz CT molecular complexity index is 779. The van der Waals surface area contributed by atoms with Crippen molar-refractivity contribution < 1.29 is 9.84 Å². The predicted molar refractivity (Wildman–Crippen MR) is 103 cm³/mol. The molecule has 7 heteroatoms. The average Bonchev–Trinajstić information content (AvgIpc) is 3.19. The molecule has 1 atom stereocenters. The summed E-state index contributed by atoms with van der Waals surface area (Å²) in [6, 6.07) is 7.79. The van der Waals surface area contributed by atoms with Crippen molar-refractivity contribution in [3.63, 3.8) is 0 Å². The monoisotopic (exact) mass is 360 g/mol. The van der Waals surface area contributed by atoms with Gasteiger partial charge in [-0.05, 0) is 37.0 Å². The SMILES string of the molecule is CC(C)Cn1c(O)c(N=NC(=S)NC[C@H]2CCCO2)c2ccccc21. The third-order valence-corrected chi connectivity index (χ3v) is 4.44. The lowest BCUT2D eigenvalue weighted by molar-refractivity contribution is 0.114. The minimum Gasteiger partial charge on any atom is -0.493 e. The highest BCUT2D eigenvalue weighted by Crippen LogP contribution is 2.39. The lowest BCUT2D eigenvalue weighted by Crippen LogP contribution is -2.29. The quantitative estimate of drug-likeness (QED) is 0.621. The summed E-state index contributed by atoms with van der Waals surface area (Å²) in [7, 11) is 0. The molecule has 1 aliphatic heterocycles. The number of hydrogen-bond acceptors (Lipinski definition) is 4. The number of fused-ring (bicyclic) bond motifs is 1. The fourth-order valence-electron chi connectivity index (χ4n) is 3.06. The van der Waals surface area contributed by atoms with E-state index < -0.39 is 0 Å². The minimum atomic E-state index is 0.126. The first kappa shape index (κ1) is 17.8. The molecule has 25 heavy (non-hydrogen) atoms. The van der Waals surface area contributed by atoms with Gasteiger partial charge in [0, 0.05) is 25.1 Å². The third kappa shape index (κ3) is 4.16. The minimum absolute atomic E-state index is 0.126. The van der Waals surface area contributed by atoms with E-state index in [1.165, 1.54) is 0 Å². The van der Waals surface area contributed by atoms with Gasteiger partial charge in [-0.2, -0.15) is 0 Å². The second kappa shape index (κ2) is 7.93. The Hall–Kier alpha value is -1.99. The van der Waals surface area contributed by atoms with Crippen LogP contribution in [0, 0.1) is 5.92 Å². The molecule has 0 unspecified atom stereocenters. The van der Waals surface area contributed by atoms with Gasteiger partial charge >= 0.3 is 0 Å². The van der Waals surface area contributed by atoms with Gasteiger partial charge in [0.25, 0.3) is 0 Å². The van der Waals surface area contributed by atoms with Crippen LogP contribution in [0.4, 0.5) is 5.69 Å². The van der Waals surface area contributed by atoms with E-state index in [1.54, 1.807) is 0 Å². The Balaban J connectivity index is 1.78. The van der Waals surface area contributed by atoms with E-state index in [1.807, 2.05) is 28.8 Å². The van der Waals surface area contributed by atoms with E-state index >= 15 is 0 Å². The summed E-state index contributed by atoms with van der Waals surface area (Å²) in [5, 5.41) is 23.1. The number of aromatic nitrogens is 1. The van der Waals surface area contributed by atoms with Crippen molar-refractivity contribution in [2.24, 2.45) is 16.1 Å². The van der Waals surface area contributed by atoms with Crippen molar-refractivity contribution in [2.45, 2.75) is 39.3 Å². The first-order valence-corrected chi connectivity index (χ1v) is 9.08. The van der Waals surface area contributed by atoms with Crippen LogP contribution in [0.25, 0.3) is 10.9 Å². The zero-order valence-electron chi connectivity index (χ0n) is 14.6. The molecule has 3 rings (SSSR count).